The molecule has 0 aliphatic rings. The molecule has 0 bridgehead atoms. The second-order valence-electron chi connectivity index (χ2n) is 17.7. The fraction of sp³-hybridized carbons (Fsp3) is 0.0312. The van der Waals surface area contributed by atoms with Gasteiger partial charge in [0.25, 0.3) is 0 Å². The topological polar surface area (TPSA) is 0 Å². The minimum atomic E-state index is -2.68. The van der Waals surface area contributed by atoms with E-state index in [9.17, 15) is 0 Å². The summed E-state index contributed by atoms with van der Waals surface area (Å²) in [4.78, 5) is 0. The average Bonchev–Trinajstić information content (AvgIpc) is 3.39. The highest BCUT2D eigenvalue weighted by Crippen LogP contribution is 2.44. The highest BCUT2D eigenvalue weighted by atomic mass is 28.3. The molecule has 11 rings (SSSR count). The van der Waals surface area contributed by atoms with E-state index in [0.29, 0.717) is 0 Å². The number of hydrogen-bond acceptors (Lipinski definition) is 0. The van der Waals surface area contributed by atoms with Crippen LogP contribution in [0.4, 0.5) is 0 Å². The Morgan fingerprint density at radius 3 is 0.682 bits per heavy atom. The van der Waals surface area contributed by atoms with E-state index >= 15 is 0 Å². The van der Waals surface area contributed by atoms with Gasteiger partial charge in [-0.15, -0.1) is 0 Å². The van der Waals surface area contributed by atoms with Gasteiger partial charge in [0.1, 0.15) is 0 Å². The maximum atomic E-state index is 2.44. The van der Waals surface area contributed by atoms with E-state index in [1.165, 1.54) is 96.4 Å². The molecular formula is C64H50Si2. The lowest BCUT2D eigenvalue weighted by atomic mass is 9.85. The minimum absolute atomic E-state index is 1.23. The van der Waals surface area contributed by atoms with Crippen molar-refractivity contribution in [3.63, 3.8) is 0 Å². The first-order valence-electron chi connectivity index (χ1n) is 23.1. The van der Waals surface area contributed by atoms with Crippen molar-refractivity contribution in [2.24, 2.45) is 0 Å². The van der Waals surface area contributed by atoms with Crippen LogP contribution in [0.3, 0.4) is 0 Å². The summed E-state index contributed by atoms with van der Waals surface area (Å²) in [6.07, 6.45) is 0. The molecule has 2 heteroatoms. The summed E-state index contributed by atoms with van der Waals surface area (Å²) in [6.45, 7) is 4.45. The van der Waals surface area contributed by atoms with E-state index in [4.69, 9.17) is 0 Å². The predicted octanol–water partition coefficient (Wildman–Crippen LogP) is 10.7. The molecule has 0 radical (unpaired) electrons. The van der Waals surface area contributed by atoms with Crippen LogP contribution in [0.2, 0.25) is 0 Å². The van der Waals surface area contributed by atoms with Gasteiger partial charge >= 0.3 is 0 Å². The van der Waals surface area contributed by atoms with E-state index in [1.807, 2.05) is 0 Å². The standard InChI is InChI=1S/C64H50Si2/c1-47-33-43-59-61(45-47)63(49-35-39-57(40-36-49)65(51-21-9-3-10-22-51,52-23-11-4-12-24-52)53-25-13-5-14-26-53)60-44-34-48(2)46-62(60)64(59)50-37-41-58(42-38-50)66(54-27-15-6-16-28-54,55-29-17-7-18-30-55)56-31-19-8-20-32-56/h3-46H,1-2H3. The van der Waals surface area contributed by atoms with Crippen LogP contribution in [0.25, 0.3) is 43.8 Å². The average molecular weight is 875 g/mol. The molecule has 0 aliphatic carbocycles. The summed E-state index contributed by atoms with van der Waals surface area (Å²) in [5.41, 5.74) is 7.52. The summed E-state index contributed by atoms with van der Waals surface area (Å²) in [7, 11) is -5.36. The zero-order valence-corrected chi connectivity index (χ0v) is 39.4. The van der Waals surface area contributed by atoms with Crippen LogP contribution in [-0.2, 0) is 0 Å². The van der Waals surface area contributed by atoms with Crippen LogP contribution in [0, 0.1) is 13.8 Å². The van der Waals surface area contributed by atoms with Crippen LogP contribution in [0.1, 0.15) is 11.1 Å². The van der Waals surface area contributed by atoms with Crippen molar-refractivity contribution < 1.29 is 0 Å². The van der Waals surface area contributed by atoms with Crippen molar-refractivity contribution in [1.29, 1.82) is 0 Å². The summed E-state index contributed by atoms with van der Waals surface area (Å²) < 4.78 is 0. The third-order valence-corrected chi connectivity index (χ3v) is 23.5. The summed E-state index contributed by atoms with van der Waals surface area (Å²) in [6, 6.07) is 101. The zero-order chi connectivity index (χ0) is 44.5. The van der Waals surface area contributed by atoms with Gasteiger partial charge in [-0.2, -0.15) is 0 Å². The van der Waals surface area contributed by atoms with E-state index in [2.05, 4.69) is 281 Å². The monoisotopic (exact) mass is 874 g/mol. The Balaban J connectivity index is 1.11. The fourth-order valence-corrected chi connectivity index (χ4v) is 20.5. The highest BCUT2D eigenvalue weighted by molar-refractivity contribution is 7.20. The first-order chi connectivity index (χ1) is 32.6. The molecule has 0 aliphatic heterocycles. The number of aryl methyl sites for hydroxylation is 2. The first kappa shape index (κ1) is 41.1. The Morgan fingerprint density at radius 1 is 0.212 bits per heavy atom. The van der Waals surface area contributed by atoms with Gasteiger partial charge in [0.15, 0.2) is 16.1 Å². The normalized spacial score (nSPS) is 11.8. The highest BCUT2D eigenvalue weighted by Gasteiger charge is 2.42. The lowest BCUT2D eigenvalue weighted by Crippen LogP contribution is -2.74. The van der Waals surface area contributed by atoms with Gasteiger partial charge in [0.2, 0.25) is 0 Å². The molecule has 66 heavy (non-hydrogen) atoms. The maximum absolute atomic E-state index is 2.68. The predicted molar refractivity (Wildman–Crippen MR) is 289 cm³/mol. The number of fused-ring (bicyclic) bond motifs is 2. The van der Waals surface area contributed by atoms with Crippen molar-refractivity contribution in [2.75, 3.05) is 0 Å². The van der Waals surface area contributed by atoms with Crippen molar-refractivity contribution >= 4 is 79.2 Å². The molecule has 0 heterocycles. The molecule has 0 N–H and O–H groups in total. The van der Waals surface area contributed by atoms with Crippen LogP contribution in [0.15, 0.2) is 267 Å². The van der Waals surface area contributed by atoms with Gasteiger partial charge in [-0.3, -0.25) is 0 Å². The minimum Gasteiger partial charge on any atom is -0.0623 e. The molecule has 0 unspecified atom stereocenters. The molecular weight excluding hydrogens is 825 g/mol. The Bertz CT molecular complexity index is 3000. The largest absolute Gasteiger partial charge is 0.179 e. The molecule has 11 aromatic rings. The molecule has 0 aromatic heterocycles. The Labute approximate surface area is 391 Å². The first-order valence-corrected chi connectivity index (χ1v) is 27.1. The lowest BCUT2D eigenvalue weighted by molar-refractivity contribution is 1.49. The maximum Gasteiger partial charge on any atom is 0.179 e. The van der Waals surface area contributed by atoms with Crippen LogP contribution >= 0.6 is 0 Å². The molecule has 0 saturated carbocycles. The van der Waals surface area contributed by atoms with Gasteiger partial charge in [0, 0.05) is 0 Å². The van der Waals surface area contributed by atoms with Crippen LogP contribution in [-0.4, -0.2) is 16.1 Å². The number of rotatable bonds is 10. The van der Waals surface area contributed by atoms with Crippen LogP contribution in [0.5, 0.6) is 0 Å². The molecule has 314 valence electrons. The molecule has 0 fully saturated rings. The summed E-state index contributed by atoms with van der Waals surface area (Å²) >= 11 is 0. The van der Waals surface area contributed by atoms with Crippen molar-refractivity contribution in [1.82, 2.24) is 0 Å². The van der Waals surface area contributed by atoms with Crippen molar-refractivity contribution in [3.8, 4) is 22.3 Å². The number of hydrogen-bond donors (Lipinski definition) is 0. The second kappa shape index (κ2) is 17.4. The third-order valence-electron chi connectivity index (χ3n) is 13.9. The van der Waals surface area contributed by atoms with E-state index in [-0.39, 0.29) is 0 Å². The van der Waals surface area contributed by atoms with Gasteiger partial charge in [-0.05, 0) is 99.1 Å². The zero-order valence-electron chi connectivity index (χ0n) is 37.4. The molecule has 11 aromatic carbocycles. The lowest BCUT2D eigenvalue weighted by Gasteiger charge is -2.34. The van der Waals surface area contributed by atoms with Gasteiger partial charge in [-0.1, -0.05) is 278 Å². The number of benzene rings is 11. The summed E-state index contributed by atoms with van der Waals surface area (Å²) in [5.74, 6) is 0. The molecule has 0 nitrogen and oxygen atoms in total. The van der Waals surface area contributed by atoms with E-state index in [0.717, 1.165) is 0 Å². The Kier molecular flexibility index (Phi) is 10.8. The van der Waals surface area contributed by atoms with Gasteiger partial charge in [0.05, 0.1) is 0 Å². The Hall–Kier alpha value is -7.63. The SMILES string of the molecule is Cc1ccc2c(-c3ccc([Si](c4ccccc4)(c4ccccc4)c4ccccc4)cc3)c3cc(C)ccc3c(-c3ccc([Si](c4ccccc4)(c4ccccc4)c4ccccc4)cc3)c2c1. The van der Waals surface area contributed by atoms with Crippen molar-refractivity contribution in [3.05, 3.63) is 278 Å². The second-order valence-corrected chi connectivity index (χ2v) is 25.3. The smallest absolute Gasteiger partial charge is 0.0623 e. The molecule has 0 atom stereocenters. The molecule has 0 saturated heterocycles. The quantitative estimate of drug-likeness (QED) is 0.0730. The summed E-state index contributed by atoms with van der Waals surface area (Å²) in [5, 5.41) is 16.1. The van der Waals surface area contributed by atoms with Crippen molar-refractivity contribution in [2.45, 2.75) is 13.8 Å². The van der Waals surface area contributed by atoms with Gasteiger partial charge in [-0.25, -0.2) is 0 Å². The van der Waals surface area contributed by atoms with E-state index < -0.39 is 16.1 Å². The van der Waals surface area contributed by atoms with Gasteiger partial charge < -0.3 is 0 Å². The molecule has 0 spiro atoms. The fourth-order valence-electron chi connectivity index (χ4n) is 11.0. The van der Waals surface area contributed by atoms with E-state index in [1.54, 1.807) is 0 Å². The van der Waals surface area contributed by atoms with Crippen LogP contribution < -0.4 is 41.5 Å². The third kappa shape index (κ3) is 6.89. The molecule has 0 amide bonds. The Morgan fingerprint density at radius 2 is 0.439 bits per heavy atom.